The highest BCUT2D eigenvalue weighted by molar-refractivity contribution is 9.10. The Morgan fingerprint density at radius 1 is 1.12 bits per heavy atom. The summed E-state index contributed by atoms with van der Waals surface area (Å²) in [4.78, 5) is 35.6. The van der Waals surface area contributed by atoms with Crippen LogP contribution in [0.15, 0.2) is 45.7 Å². The van der Waals surface area contributed by atoms with E-state index in [4.69, 9.17) is 0 Å². The SMILES string of the molecule is CC(=O)Nc1ccc(C)n(CC(=O)NCc2ccc(Br)cc2)c1=O. The highest BCUT2D eigenvalue weighted by Crippen LogP contribution is 2.10. The van der Waals surface area contributed by atoms with Gasteiger partial charge < -0.3 is 15.2 Å². The summed E-state index contributed by atoms with van der Waals surface area (Å²) >= 11 is 3.35. The van der Waals surface area contributed by atoms with Gasteiger partial charge in [-0.3, -0.25) is 14.4 Å². The van der Waals surface area contributed by atoms with Crippen LogP contribution in [0.4, 0.5) is 5.69 Å². The second kappa shape index (κ2) is 7.92. The molecular formula is C17H18BrN3O3. The van der Waals surface area contributed by atoms with Crippen molar-refractivity contribution in [2.45, 2.75) is 26.9 Å². The van der Waals surface area contributed by atoms with Crippen molar-refractivity contribution >= 4 is 33.4 Å². The van der Waals surface area contributed by atoms with Crippen LogP contribution >= 0.6 is 15.9 Å². The average molecular weight is 392 g/mol. The number of aryl methyl sites for hydroxylation is 1. The zero-order valence-corrected chi connectivity index (χ0v) is 15.0. The minimum Gasteiger partial charge on any atom is -0.350 e. The molecule has 0 radical (unpaired) electrons. The molecule has 0 saturated heterocycles. The molecule has 0 saturated carbocycles. The molecule has 2 amide bonds. The first-order chi connectivity index (χ1) is 11.4. The summed E-state index contributed by atoms with van der Waals surface area (Å²) in [6, 6.07) is 10.8. The van der Waals surface area contributed by atoms with Crippen LogP contribution in [0.3, 0.4) is 0 Å². The van der Waals surface area contributed by atoms with Crippen molar-refractivity contribution in [3.8, 4) is 0 Å². The van der Waals surface area contributed by atoms with Crippen LogP contribution in [0.1, 0.15) is 18.2 Å². The summed E-state index contributed by atoms with van der Waals surface area (Å²) in [6.45, 7) is 3.34. The van der Waals surface area contributed by atoms with E-state index in [0.717, 1.165) is 10.0 Å². The summed E-state index contributed by atoms with van der Waals surface area (Å²) in [7, 11) is 0. The Bertz CT molecular complexity index is 813. The smallest absolute Gasteiger partial charge is 0.274 e. The van der Waals surface area contributed by atoms with Gasteiger partial charge in [-0.25, -0.2) is 0 Å². The third-order valence-corrected chi connectivity index (χ3v) is 3.94. The fourth-order valence-electron chi connectivity index (χ4n) is 2.15. The monoisotopic (exact) mass is 391 g/mol. The Labute approximate surface area is 148 Å². The zero-order chi connectivity index (χ0) is 17.7. The molecule has 24 heavy (non-hydrogen) atoms. The van der Waals surface area contributed by atoms with Crippen LogP contribution in [0, 0.1) is 6.92 Å². The van der Waals surface area contributed by atoms with Gasteiger partial charge >= 0.3 is 0 Å². The van der Waals surface area contributed by atoms with Crippen molar-refractivity contribution in [1.82, 2.24) is 9.88 Å². The maximum absolute atomic E-state index is 12.3. The summed E-state index contributed by atoms with van der Waals surface area (Å²) < 4.78 is 2.30. The number of nitrogens with zero attached hydrogens (tertiary/aromatic N) is 1. The molecule has 0 fully saturated rings. The summed E-state index contributed by atoms with van der Waals surface area (Å²) in [5, 5.41) is 5.25. The Morgan fingerprint density at radius 2 is 1.79 bits per heavy atom. The number of amides is 2. The van der Waals surface area contributed by atoms with Crippen molar-refractivity contribution in [3.63, 3.8) is 0 Å². The first kappa shape index (κ1) is 17.9. The largest absolute Gasteiger partial charge is 0.350 e. The number of pyridine rings is 1. The Kier molecular flexibility index (Phi) is 5.92. The summed E-state index contributed by atoms with van der Waals surface area (Å²) in [5.74, 6) is -0.606. The normalized spacial score (nSPS) is 10.3. The van der Waals surface area contributed by atoms with E-state index in [-0.39, 0.29) is 24.0 Å². The highest BCUT2D eigenvalue weighted by atomic mass is 79.9. The number of anilines is 1. The second-order valence-electron chi connectivity index (χ2n) is 5.36. The van der Waals surface area contributed by atoms with E-state index >= 15 is 0 Å². The number of aromatic nitrogens is 1. The van der Waals surface area contributed by atoms with Crippen LogP contribution in [0.25, 0.3) is 0 Å². The van der Waals surface area contributed by atoms with Crippen LogP contribution in [-0.4, -0.2) is 16.4 Å². The maximum atomic E-state index is 12.3. The molecule has 6 nitrogen and oxygen atoms in total. The minimum atomic E-state index is -0.399. The lowest BCUT2D eigenvalue weighted by Crippen LogP contribution is -2.34. The predicted octanol–water partition coefficient (Wildman–Crippen LogP) is 2.19. The van der Waals surface area contributed by atoms with Gasteiger partial charge in [0.15, 0.2) is 0 Å². The molecule has 1 aromatic heterocycles. The molecule has 1 aromatic carbocycles. The third-order valence-electron chi connectivity index (χ3n) is 3.41. The zero-order valence-electron chi connectivity index (χ0n) is 13.4. The van der Waals surface area contributed by atoms with E-state index in [9.17, 15) is 14.4 Å². The number of nitrogens with one attached hydrogen (secondary N) is 2. The van der Waals surface area contributed by atoms with Gasteiger partial charge in [0.25, 0.3) is 5.56 Å². The molecule has 7 heteroatoms. The van der Waals surface area contributed by atoms with Crippen molar-refractivity contribution < 1.29 is 9.59 Å². The standard InChI is InChI=1S/C17H18BrN3O3/c1-11-3-8-15(20-12(2)22)17(24)21(11)10-16(23)19-9-13-4-6-14(18)7-5-13/h3-8H,9-10H2,1-2H3,(H,19,23)(H,20,22). The van der Waals surface area contributed by atoms with Crippen molar-refractivity contribution in [1.29, 1.82) is 0 Å². The molecule has 2 N–H and O–H groups in total. The molecule has 0 aliphatic rings. The van der Waals surface area contributed by atoms with E-state index in [1.165, 1.54) is 17.6 Å². The molecule has 2 rings (SSSR count). The fourth-order valence-corrected chi connectivity index (χ4v) is 2.42. The van der Waals surface area contributed by atoms with Gasteiger partial charge in [-0.15, -0.1) is 0 Å². The molecule has 0 atom stereocenters. The van der Waals surface area contributed by atoms with Crippen LogP contribution < -0.4 is 16.2 Å². The van der Waals surface area contributed by atoms with Crippen molar-refractivity contribution in [3.05, 3.63) is 62.5 Å². The quantitative estimate of drug-likeness (QED) is 0.819. The van der Waals surface area contributed by atoms with Gasteiger partial charge in [-0.1, -0.05) is 28.1 Å². The minimum absolute atomic E-state index is 0.103. The van der Waals surface area contributed by atoms with Gasteiger partial charge in [0, 0.05) is 23.6 Å². The predicted molar refractivity (Wildman–Crippen MR) is 95.7 cm³/mol. The van der Waals surface area contributed by atoms with Crippen molar-refractivity contribution in [2.75, 3.05) is 5.32 Å². The lowest BCUT2D eigenvalue weighted by atomic mass is 10.2. The topological polar surface area (TPSA) is 80.2 Å². The molecule has 0 spiro atoms. The summed E-state index contributed by atoms with van der Waals surface area (Å²) in [6.07, 6.45) is 0. The molecule has 0 unspecified atom stereocenters. The van der Waals surface area contributed by atoms with E-state index < -0.39 is 5.56 Å². The van der Waals surface area contributed by atoms with Gasteiger partial charge in [0.2, 0.25) is 11.8 Å². The lowest BCUT2D eigenvalue weighted by molar-refractivity contribution is -0.121. The molecule has 126 valence electrons. The molecule has 0 bridgehead atoms. The van der Waals surface area contributed by atoms with E-state index in [1.54, 1.807) is 13.0 Å². The third kappa shape index (κ3) is 4.79. The molecule has 2 aromatic rings. The summed E-state index contributed by atoms with van der Waals surface area (Å²) in [5.41, 5.74) is 1.37. The molecular weight excluding hydrogens is 374 g/mol. The van der Waals surface area contributed by atoms with Gasteiger partial charge in [0.1, 0.15) is 12.2 Å². The number of carbonyl (C=O) groups is 2. The van der Waals surface area contributed by atoms with E-state index in [2.05, 4.69) is 26.6 Å². The fraction of sp³-hybridized carbons (Fsp3) is 0.235. The number of hydrogen-bond donors (Lipinski definition) is 2. The first-order valence-corrected chi connectivity index (χ1v) is 8.15. The second-order valence-corrected chi connectivity index (χ2v) is 6.28. The number of hydrogen-bond acceptors (Lipinski definition) is 3. The highest BCUT2D eigenvalue weighted by Gasteiger charge is 2.11. The van der Waals surface area contributed by atoms with Gasteiger partial charge in [0.05, 0.1) is 0 Å². The first-order valence-electron chi connectivity index (χ1n) is 7.36. The maximum Gasteiger partial charge on any atom is 0.274 e. The van der Waals surface area contributed by atoms with Crippen LogP contribution in [-0.2, 0) is 22.7 Å². The number of rotatable bonds is 5. The molecule has 0 aliphatic carbocycles. The number of carbonyl (C=O) groups excluding carboxylic acids is 2. The van der Waals surface area contributed by atoms with Crippen LogP contribution in [0.2, 0.25) is 0 Å². The molecule has 1 heterocycles. The Hall–Kier alpha value is -2.41. The van der Waals surface area contributed by atoms with Gasteiger partial charge in [-0.05, 0) is 36.8 Å². The lowest BCUT2D eigenvalue weighted by Gasteiger charge is -2.12. The molecule has 0 aliphatic heterocycles. The Balaban J connectivity index is 2.06. The van der Waals surface area contributed by atoms with E-state index in [0.29, 0.717) is 12.2 Å². The number of halogens is 1. The van der Waals surface area contributed by atoms with Gasteiger partial charge in [-0.2, -0.15) is 0 Å². The Morgan fingerprint density at radius 3 is 2.42 bits per heavy atom. The number of benzene rings is 1. The average Bonchev–Trinajstić information content (AvgIpc) is 2.53. The van der Waals surface area contributed by atoms with E-state index in [1.807, 2.05) is 24.3 Å². The van der Waals surface area contributed by atoms with Crippen LogP contribution in [0.5, 0.6) is 0 Å². The van der Waals surface area contributed by atoms with Crippen molar-refractivity contribution in [2.24, 2.45) is 0 Å².